The molecule has 0 aliphatic carbocycles. The van der Waals surface area contributed by atoms with Crippen molar-refractivity contribution < 1.29 is 24.2 Å². The summed E-state index contributed by atoms with van der Waals surface area (Å²) >= 11 is 6.02. The van der Waals surface area contributed by atoms with Crippen LogP contribution in [0.25, 0.3) is 16.7 Å². The van der Waals surface area contributed by atoms with E-state index in [1.165, 1.54) is 12.0 Å². The average Bonchev–Trinajstić information content (AvgIpc) is 3.45. The molecule has 8 heteroatoms. The van der Waals surface area contributed by atoms with Crippen molar-refractivity contribution >= 4 is 40.0 Å². The summed E-state index contributed by atoms with van der Waals surface area (Å²) in [6, 6.07) is 18.7. The van der Waals surface area contributed by atoms with Crippen LogP contribution in [0.5, 0.6) is 11.5 Å². The Morgan fingerprint density at radius 1 is 1.03 bits per heavy atom. The predicted molar refractivity (Wildman–Crippen MR) is 142 cm³/mol. The molecule has 0 radical (unpaired) electrons. The number of methoxy groups -OCH3 is 2. The van der Waals surface area contributed by atoms with Gasteiger partial charge in [0.05, 0.1) is 25.8 Å². The van der Waals surface area contributed by atoms with Gasteiger partial charge in [-0.1, -0.05) is 29.8 Å². The average molecular weight is 517 g/mol. The molecule has 4 aromatic rings. The van der Waals surface area contributed by atoms with Gasteiger partial charge in [-0.05, 0) is 54.4 Å². The fourth-order valence-electron chi connectivity index (χ4n) is 4.82. The number of rotatable bonds is 7. The minimum Gasteiger partial charge on any atom is -0.507 e. The number of likely N-dealkylation sites (tertiary alicyclic amines) is 1. The highest BCUT2D eigenvalue weighted by molar-refractivity contribution is 6.46. The molecule has 3 aromatic carbocycles. The Kier molecular flexibility index (Phi) is 6.63. The predicted octanol–water partition coefficient (Wildman–Crippen LogP) is 5.50. The first-order chi connectivity index (χ1) is 17.9. The number of fused-ring (bicyclic) bond motifs is 1. The number of amides is 1. The van der Waals surface area contributed by atoms with Crippen molar-refractivity contribution in [3.8, 4) is 11.5 Å². The maximum absolute atomic E-state index is 13.4. The first-order valence-corrected chi connectivity index (χ1v) is 12.1. The molecule has 37 heavy (non-hydrogen) atoms. The lowest BCUT2D eigenvalue weighted by Crippen LogP contribution is -2.31. The highest BCUT2D eigenvalue weighted by Crippen LogP contribution is 2.43. The van der Waals surface area contributed by atoms with Gasteiger partial charge in [-0.25, -0.2) is 0 Å². The normalized spacial score (nSPS) is 16.9. The Morgan fingerprint density at radius 3 is 2.51 bits per heavy atom. The van der Waals surface area contributed by atoms with Crippen LogP contribution in [0.4, 0.5) is 0 Å². The quantitative estimate of drug-likeness (QED) is 0.192. The number of H-pyrrole nitrogens is 1. The SMILES string of the molecule is COc1ccc([C@H]2C(=C(O)c3ccc(Cl)cc3)C(=O)C(=O)N2CCc2c[nH]c3ccccc23)c(OC)c1. The second-order valence-corrected chi connectivity index (χ2v) is 9.15. The summed E-state index contributed by atoms with van der Waals surface area (Å²) in [5, 5.41) is 12.8. The lowest BCUT2D eigenvalue weighted by Gasteiger charge is -2.27. The van der Waals surface area contributed by atoms with Crippen LogP contribution in [-0.4, -0.2) is 47.4 Å². The third kappa shape index (κ3) is 4.42. The number of halogens is 1. The van der Waals surface area contributed by atoms with Gasteiger partial charge < -0.3 is 24.5 Å². The van der Waals surface area contributed by atoms with Crippen LogP contribution in [0.2, 0.25) is 5.02 Å². The van der Waals surface area contributed by atoms with Crippen LogP contribution < -0.4 is 9.47 Å². The first kappa shape index (κ1) is 24.5. The molecule has 1 saturated heterocycles. The van der Waals surface area contributed by atoms with E-state index in [2.05, 4.69) is 4.98 Å². The number of hydrogen-bond donors (Lipinski definition) is 2. The summed E-state index contributed by atoms with van der Waals surface area (Å²) < 4.78 is 11.0. The Morgan fingerprint density at radius 2 is 1.78 bits per heavy atom. The molecule has 5 rings (SSSR count). The highest BCUT2D eigenvalue weighted by Gasteiger charge is 2.47. The van der Waals surface area contributed by atoms with Crippen LogP contribution in [0.1, 0.15) is 22.7 Å². The zero-order valence-electron chi connectivity index (χ0n) is 20.3. The molecule has 1 aliphatic rings. The molecule has 0 spiro atoms. The van der Waals surface area contributed by atoms with Crippen LogP contribution in [0, 0.1) is 0 Å². The number of aromatic amines is 1. The lowest BCUT2D eigenvalue weighted by molar-refractivity contribution is -0.139. The molecule has 0 bridgehead atoms. The second kappa shape index (κ2) is 10.0. The van der Waals surface area contributed by atoms with E-state index in [-0.39, 0.29) is 17.9 Å². The molecular formula is C29H25ClN2O5. The second-order valence-electron chi connectivity index (χ2n) is 8.72. The fourth-order valence-corrected chi connectivity index (χ4v) is 4.95. The molecule has 1 amide bonds. The van der Waals surface area contributed by atoms with E-state index in [1.807, 2.05) is 30.5 Å². The Balaban J connectivity index is 1.61. The van der Waals surface area contributed by atoms with Crippen molar-refractivity contribution in [3.63, 3.8) is 0 Å². The van der Waals surface area contributed by atoms with Crippen molar-refractivity contribution in [3.05, 3.63) is 100 Å². The third-order valence-electron chi connectivity index (χ3n) is 6.69. The van der Waals surface area contributed by atoms with Crippen molar-refractivity contribution in [2.75, 3.05) is 20.8 Å². The van der Waals surface area contributed by atoms with Crippen molar-refractivity contribution in [2.24, 2.45) is 0 Å². The molecule has 188 valence electrons. The van der Waals surface area contributed by atoms with Gasteiger partial charge in [0.2, 0.25) is 0 Å². The van der Waals surface area contributed by atoms with Crippen molar-refractivity contribution in [1.82, 2.24) is 9.88 Å². The number of carbonyl (C=O) groups is 2. The zero-order chi connectivity index (χ0) is 26.1. The number of para-hydroxylation sites is 1. The van der Waals surface area contributed by atoms with E-state index in [4.69, 9.17) is 21.1 Å². The number of nitrogens with zero attached hydrogens (tertiary/aromatic N) is 1. The summed E-state index contributed by atoms with van der Waals surface area (Å²) in [7, 11) is 3.05. The maximum Gasteiger partial charge on any atom is 0.295 e. The van der Waals surface area contributed by atoms with Gasteiger partial charge in [-0.3, -0.25) is 9.59 Å². The van der Waals surface area contributed by atoms with Crippen LogP contribution in [0.3, 0.4) is 0 Å². The summed E-state index contributed by atoms with van der Waals surface area (Å²) in [5.41, 5.74) is 2.97. The van der Waals surface area contributed by atoms with Gasteiger partial charge in [-0.15, -0.1) is 0 Å². The summed E-state index contributed by atoms with van der Waals surface area (Å²) in [5.74, 6) is -0.709. The Labute approximate surface area is 218 Å². The zero-order valence-corrected chi connectivity index (χ0v) is 21.1. The molecule has 2 N–H and O–H groups in total. The number of ether oxygens (including phenoxy) is 2. The van der Waals surface area contributed by atoms with E-state index in [9.17, 15) is 14.7 Å². The molecule has 7 nitrogen and oxygen atoms in total. The summed E-state index contributed by atoms with van der Waals surface area (Å²) in [6.45, 7) is 0.254. The van der Waals surface area contributed by atoms with Gasteiger partial charge >= 0.3 is 0 Å². The van der Waals surface area contributed by atoms with Gasteiger partial charge in [0.15, 0.2) is 0 Å². The molecule has 1 fully saturated rings. The van der Waals surface area contributed by atoms with Crippen molar-refractivity contribution in [1.29, 1.82) is 0 Å². The molecule has 1 atom stereocenters. The van der Waals surface area contributed by atoms with E-state index in [1.54, 1.807) is 49.6 Å². The molecule has 1 aliphatic heterocycles. The number of aromatic nitrogens is 1. The standard InChI is InChI=1S/C29H25ClN2O5/c1-36-20-11-12-22(24(15-20)37-2)26-25(27(33)17-7-9-19(30)10-8-17)28(34)29(35)32(26)14-13-18-16-31-23-6-4-3-5-21(18)23/h3-12,15-16,26,31,33H,13-14H2,1-2H3/t26-/m0/s1. The van der Waals surface area contributed by atoms with E-state index in [0.29, 0.717) is 34.1 Å². The molecular weight excluding hydrogens is 492 g/mol. The molecule has 0 unspecified atom stereocenters. The number of carbonyl (C=O) groups excluding carboxylic acids is 2. The number of Topliss-reactive ketones (excluding diaryl/α,β-unsaturated/α-hetero) is 1. The Bertz CT molecular complexity index is 1520. The molecule has 1 aromatic heterocycles. The topological polar surface area (TPSA) is 91.9 Å². The van der Waals surface area contributed by atoms with Gasteiger partial charge in [0, 0.05) is 45.9 Å². The maximum atomic E-state index is 13.4. The minimum absolute atomic E-state index is 0.00489. The largest absolute Gasteiger partial charge is 0.507 e. The summed E-state index contributed by atoms with van der Waals surface area (Å²) in [6.07, 6.45) is 2.42. The van der Waals surface area contributed by atoms with Crippen LogP contribution >= 0.6 is 11.6 Å². The lowest BCUT2D eigenvalue weighted by atomic mass is 9.94. The smallest absolute Gasteiger partial charge is 0.295 e. The number of benzene rings is 3. The highest BCUT2D eigenvalue weighted by atomic mass is 35.5. The molecule has 0 saturated carbocycles. The number of ketones is 1. The van der Waals surface area contributed by atoms with Crippen molar-refractivity contribution in [2.45, 2.75) is 12.5 Å². The monoisotopic (exact) mass is 516 g/mol. The number of hydrogen-bond acceptors (Lipinski definition) is 5. The fraction of sp³-hybridized carbons (Fsp3) is 0.172. The third-order valence-corrected chi connectivity index (χ3v) is 6.94. The van der Waals surface area contributed by atoms with Crippen LogP contribution in [0.15, 0.2) is 78.5 Å². The van der Waals surface area contributed by atoms with Gasteiger partial charge in [-0.2, -0.15) is 0 Å². The number of nitrogens with one attached hydrogen (secondary N) is 1. The summed E-state index contributed by atoms with van der Waals surface area (Å²) in [4.78, 5) is 31.5. The van der Waals surface area contributed by atoms with E-state index in [0.717, 1.165) is 16.5 Å². The minimum atomic E-state index is -0.859. The first-order valence-electron chi connectivity index (χ1n) is 11.7. The Hall–Kier alpha value is -4.23. The van der Waals surface area contributed by atoms with Gasteiger partial charge in [0.1, 0.15) is 17.3 Å². The number of aliphatic hydroxyl groups is 1. The molecule has 2 heterocycles. The van der Waals surface area contributed by atoms with E-state index >= 15 is 0 Å². The van der Waals surface area contributed by atoms with Gasteiger partial charge in [0.25, 0.3) is 11.7 Å². The number of aliphatic hydroxyl groups excluding tert-OH is 1. The van der Waals surface area contributed by atoms with E-state index < -0.39 is 17.7 Å². The van der Waals surface area contributed by atoms with Crippen LogP contribution in [-0.2, 0) is 16.0 Å².